The summed E-state index contributed by atoms with van der Waals surface area (Å²) in [6.07, 6.45) is -0.0301. The van der Waals surface area contributed by atoms with Crippen LogP contribution in [-0.4, -0.2) is 65.7 Å². The summed E-state index contributed by atoms with van der Waals surface area (Å²) in [6.45, 7) is 4.27. The maximum atomic E-state index is 13.4. The molecule has 2 aliphatic heterocycles. The molecule has 1 atom stereocenters. The number of carbonyl (C=O) groups excluding carboxylic acids is 2. The van der Waals surface area contributed by atoms with Crippen molar-refractivity contribution in [2.24, 2.45) is 0 Å². The first-order valence-electron chi connectivity index (χ1n) is 10.7. The zero-order valence-corrected chi connectivity index (χ0v) is 17.5. The van der Waals surface area contributed by atoms with E-state index < -0.39 is 6.04 Å². The van der Waals surface area contributed by atoms with Crippen LogP contribution in [0.4, 0.5) is 16.0 Å². The Morgan fingerprint density at radius 3 is 2.62 bits per heavy atom. The Labute approximate surface area is 184 Å². The van der Waals surface area contributed by atoms with Gasteiger partial charge in [0.2, 0.25) is 11.9 Å². The Kier molecular flexibility index (Phi) is 5.59. The minimum absolute atomic E-state index is 0.0301. The summed E-state index contributed by atoms with van der Waals surface area (Å²) in [4.78, 5) is 34.8. The van der Waals surface area contributed by atoms with Gasteiger partial charge in [0.15, 0.2) is 0 Å². The molecule has 8 nitrogen and oxygen atoms in total. The van der Waals surface area contributed by atoms with Crippen molar-refractivity contribution in [3.8, 4) is 0 Å². The number of amides is 2. The fraction of sp³-hybridized carbons (Fsp3) is 0.348. The van der Waals surface area contributed by atoms with Gasteiger partial charge in [-0.2, -0.15) is 0 Å². The second kappa shape index (κ2) is 8.68. The van der Waals surface area contributed by atoms with Crippen LogP contribution in [-0.2, 0) is 14.3 Å². The minimum Gasteiger partial charge on any atom is -0.379 e. The Morgan fingerprint density at radius 2 is 1.84 bits per heavy atom. The summed E-state index contributed by atoms with van der Waals surface area (Å²) >= 11 is 0. The molecule has 1 unspecified atom stereocenters. The fourth-order valence-corrected chi connectivity index (χ4v) is 4.29. The standard InChI is InChI=1S/C23H24FN5O3/c24-16-5-7-17(8-6-16)25-21(30)15-20-22(31)28(10-9-27-11-13-32-14-12-27)23-26-18-3-1-2-4-19(18)29(20)23/h1-8,20H,9-15H2,(H,25,30). The number of para-hydroxylation sites is 2. The minimum atomic E-state index is -0.678. The number of imidazole rings is 1. The van der Waals surface area contributed by atoms with Gasteiger partial charge in [-0.1, -0.05) is 12.1 Å². The van der Waals surface area contributed by atoms with E-state index in [1.165, 1.54) is 24.3 Å². The molecule has 1 fully saturated rings. The third-order valence-corrected chi connectivity index (χ3v) is 5.93. The van der Waals surface area contributed by atoms with E-state index in [1.807, 2.05) is 28.8 Å². The average Bonchev–Trinajstić information content (AvgIpc) is 3.29. The summed E-state index contributed by atoms with van der Waals surface area (Å²) in [5.41, 5.74) is 2.10. The van der Waals surface area contributed by atoms with Gasteiger partial charge in [0.1, 0.15) is 11.9 Å². The van der Waals surface area contributed by atoms with Crippen LogP contribution in [0.1, 0.15) is 12.5 Å². The number of hydrogen-bond acceptors (Lipinski definition) is 5. The van der Waals surface area contributed by atoms with Crippen molar-refractivity contribution in [2.45, 2.75) is 12.5 Å². The largest absolute Gasteiger partial charge is 0.379 e. The molecule has 0 saturated carbocycles. The molecule has 0 bridgehead atoms. The Bertz CT molecular complexity index is 1140. The summed E-state index contributed by atoms with van der Waals surface area (Å²) in [5, 5.41) is 2.75. The summed E-state index contributed by atoms with van der Waals surface area (Å²) in [7, 11) is 0. The zero-order chi connectivity index (χ0) is 22.1. The molecule has 166 valence electrons. The zero-order valence-electron chi connectivity index (χ0n) is 17.5. The van der Waals surface area contributed by atoms with E-state index in [9.17, 15) is 14.0 Å². The van der Waals surface area contributed by atoms with Gasteiger partial charge in [-0.3, -0.25) is 24.0 Å². The number of morpholine rings is 1. The second-order valence-electron chi connectivity index (χ2n) is 7.99. The van der Waals surface area contributed by atoms with E-state index >= 15 is 0 Å². The van der Waals surface area contributed by atoms with Gasteiger partial charge >= 0.3 is 0 Å². The van der Waals surface area contributed by atoms with Crippen molar-refractivity contribution in [3.05, 3.63) is 54.3 Å². The van der Waals surface area contributed by atoms with Gasteiger partial charge in [-0.15, -0.1) is 0 Å². The number of nitrogens with zero attached hydrogens (tertiary/aromatic N) is 4. The first-order valence-corrected chi connectivity index (χ1v) is 10.7. The number of benzene rings is 2. The molecule has 0 radical (unpaired) electrons. The molecular weight excluding hydrogens is 413 g/mol. The van der Waals surface area contributed by atoms with Crippen LogP contribution in [0.5, 0.6) is 0 Å². The maximum Gasteiger partial charge on any atom is 0.253 e. The second-order valence-corrected chi connectivity index (χ2v) is 7.99. The highest BCUT2D eigenvalue weighted by Crippen LogP contribution is 2.36. The maximum absolute atomic E-state index is 13.4. The molecule has 5 rings (SSSR count). The summed E-state index contributed by atoms with van der Waals surface area (Å²) in [5.74, 6) is -0.252. The Balaban J connectivity index is 1.38. The van der Waals surface area contributed by atoms with Crippen LogP contribution in [0.2, 0.25) is 0 Å². The highest BCUT2D eigenvalue weighted by Gasteiger charge is 2.40. The average molecular weight is 437 g/mol. The number of hydrogen-bond donors (Lipinski definition) is 1. The molecule has 9 heteroatoms. The van der Waals surface area contributed by atoms with E-state index in [4.69, 9.17) is 9.72 Å². The smallest absolute Gasteiger partial charge is 0.253 e. The molecule has 2 aliphatic rings. The molecule has 0 spiro atoms. The van der Waals surface area contributed by atoms with Crippen LogP contribution >= 0.6 is 0 Å². The van der Waals surface area contributed by atoms with Crippen molar-refractivity contribution in [3.63, 3.8) is 0 Å². The van der Waals surface area contributed by atoms with Gasteiger partial charge in [0.25, 0.3) is 5.91 Å². The topological polar surface area (TPSA) is 79.7 Å². The van der Waals surface area contributed by atoms with E-state index in [2.05, 4.69) is 10.2 Å². The number of nitrogens with one attached hydrogen (secondary N) is 1. The number of halogens is 1. The molecule has 2 aromatic carbocycles. The van der Waals surface area contributed by atoms with Crippen molar-refractivity contribution >= 4 is 34.5 Å². The van der Waals surface area contributed by atoms with Gasteiger partial charge in [0, 0.05) is 31.9 Å². The van der Waals surface area contributed by atoms with E-state index in [1.54, 1.807) is 4.90 Å². The van der Waals surface area contributed by atoms with Crippen molar-refractivity contribution < 1.29 is 18.7 Å². The Morgan fingerprint density at radius 1 is 1.09 bits per heavy atom. The van der Waals surface area contributed by atoms with Crippen molar-refractivity contribution in [2.75, 3.05) is 49.6 Å². The number of aromatic nitrogens is 2. The lowest BCUT2D eigenvalue weighted by Gasteiger charge is -2.28. The molecular formula is C23H24FN5O3. The first-order chi connectivity index (χ1) is 15.6. The van der Waals surface area contributed by atoms with Gasteiger partial charge in [-0.05, 0) is 36.4 Å². The number of fused-ring (bicyclic) bond motifs is 3. The number of ether oxygens (including phenoxy) is 1. The predicted octanol–water partition coefficient (Wildman–Crippen LogP) is 2.42. The summed E-state index contributed by atoms with van der Waals surface area (Å²) in [6, 6.07) is 12.5. The Hall–Kier alpha value is -3.30. The number of rotatable bonds is 6. The molecule has 1 N–H and O–H groups in total. The first kappa shape index (κ1) is 20.6. The lowest BCUT2D eigenvalue weighted by molar-refractivity contribution is -0.124. The highest BCUT2D eigenvalue weighted by molar-refractivity contribution is 6.05. The normalized spacial score (nSPS) is 18.8. The fourth-order valence-electron chi connectivity index (χ4n) is 4.29. The molecule has 1 saturated heterocycles. The lowest BCUT2D eigenvalue weighted by Crippen LogP contribution is -2.42. The van der Waals surface area contributed by atoms with Gasteiger partial charge in [0.05, 0.1) is 30.7 Å². The molecule has 3 heterocycles. The third kappa shape index (κ3) is 3.96. The molecule has 2 amide bonds. The van der Waals surface area contributed by atoms with Gasteiger partial charge < -0.3 is 10.1 Å². The molecule has 1 aromatic heterocycles. The highest BCUT2D eigenvalue weighted by atomic mass is 19.1. The molecule has 3 aromatic rings. The number of anilines is 2. The van der Waals surface area contributed by atoms with Crippen LogP contribution in [0.3, 0.4) is 0 Å². The SMILES string of the molecule is O=C(CC1C(=O)N(CCN2CCOCC2)c2nc3ccccc3n21)Nc1ccc(F)cc1. The van der Waals surface area contributed by atoms with Gasteiger partial charge in [-0.25, -0.2) is 9.37 Å². The number of carbonyl (C=O) groups is 2. The monoisotopic (exact) mass is 437 g/mol. The third-order valence-electron chi connectivity index (χ3n) is 5.93. The van der Waals surface area contributed by atoms with Crippen LogP contribution in [0.15, 0.2) is 48.5 Å². The summed E-state index contributed by atoms with van der Waals surface area (Å²) < 4.78 is 20.4. The molecule has 32 heavy (non-hydrogen) atoms. The van der Waals surface area contributed by atoms with E-state index in [0.717, 1.165) is 24.1 Å². The predicted molar refractivity (Wildman–Crippen MR) is 118 cm³/mol. The quantitative estimate of drug-likeness (QED) is 0.641. The van der Waals surface area contributed by atoms with E-state index in [-0.39, 0.29) is 24.1 Å². The van der Waals surface area contributed by atoms with Crippen molar-refractivity contribution in [1.82, 2.24) is 14.5 Å². The van der Waals surface area contributed by atoms with Crippen LogP contribution in [0.25, 0.3) is 11.0 Å². The molecule has 0 aliphatic carbocycles. The van der Waals surface area contributed by atoms with E-state index in [0.29, 0.717) is 37.9 Å². The van der Waals surface area contributed by atoms with Crippen LogP contribution in [0, 0.1) is 5.82 Å². The lowest BCUT2D eigenvalue weighted by atomic mass is 10.1. The van der Waals surface area contributed by atoms with Crippen LogP contribution < -0.4 is 10.2 Å². The van der Waals surface area contributed by atoms with Crippen molar-refractivity contribution in [1.29, 1.82) is 0 Å².